The number of aromatic nitrogens is 1. The van der Waals surface area contributed by atoms with E-state index in [0.717, 1.165) is 6.07 Å². The van der Waals surface area contributed by atoms with Gasteiger partial charge in [-0.05, 0) is 25.1 Å². The number of halogens is 2. The monoisotopic (exact) mass is 543 g/mol. The van der Waals surface area contributed by atoms with E-state index in [2.05, 4.69) is 4.98 Å². The van der Waals surface area contributed by atoms with Crippen LogP contribution in [0.25, 0.3) is 11.1 Å². The van der Waals surface area contributed by atoms with E-state index in [1.165, 1.54) is 31.3 Å². The largest absolute Gasteiger partial charge is 0.506 e. The van der Waals surface area contributed by atoms with Crippen molar-refractivity contribution >= 4 is 5.91 Å². The number of carbonyl (C=O) groups is 1. The molecule has 1 aliphatic heterocycles. The summed E-state index contributed by atoms with van der Waals surface area (Å²) < 4.78 is 44.2. The number of hydrogen-bond acceptors (Lipinski definition) is 8. The van der Waals surface area contributed by atoms with E-state index in [4.69, 9.17) is 14.2 Å². The van der Waals surface area contributed by atoms with Gasteiger partial charge >= 0.3 is 0 Å². The lowest BCUT2D eigenvalue weighted by Gasteiger charge is -2.35. The standard InChI is InChI=1S/C28H31F2N3O6/c1-4-39-16-19-22(23-20(37-2)9-6-10-21(23)38-3)26(34)24(27(35)31-19)28(36)33-13-11-32(12-14-33)15-17-7-5-8-18(29)25(17)30/h5-10H,4,11-16H2,1-3H3,(H2,31,34,35). The van der Waals surface area contributed by atoms with Crippen LogP contribution in [0.15, 0.2) is 36.4 Å². The number of hydrogen-bond donors (Lipinski definition) is 2. The van der Waals surface area contributed by atoms with Crippen LogP contribution >= 0.6 is 0 Å². The van der Waals surface area contributed by atoms with E-state index < -0.39 is 29.2 Å². The van der Waals surface area contributed by atoms with Gasteiger partial charge in [0.2, 0.25) is 5.88 Å². The Morgan fingerprint density at radius 3 is 2.23 bits per heavy atom. The molecule has 0 radical (unpaired) electrons. The van der Waals surface area contributed by atoms with Crippen LogP contribution in [-0.4, -0.2) is 77.9 Å². The van der Waals surface area contributed by atoms with Gasteiger partial charge in [-0.1, -0.05) is 18.2 Å². The molecular formula is C28H31F2N3O6. The quantitative estimate of drug-likeness (QED) is 0.418. The van der Waals surface area contributed by atoms with Gasteiger partial charge in [-0.15, -0.1) is 0 Å². The maximum absolute atomic E-state index is 14.1. The molecule has 208 valence electrons. The first-order chi connectivity index (χ1) is 18.8. The van der Waals surface area contributed by atoms with Crippen LogP contribution < -0.4 is 9.47 Å². The summed E-state index contributed by atoms with van der Waals surface area (Å²) in [5.41, 5.74) is 0.586. The molecule has 0 spiro atoms. The Hall–Kier alpha value is -3.96. The zero-order chi connectivity index (χ0) is 28.1. The summed E-state index contributed by atoms with van der Waals surface area (Å²) >= 11 is 0. The van der Waals surface area contributed by atoms with Crippen molar-refractivity contribution in [2.75, 3.05) is 47.0 Å². The lowest BCUT2D eigenvalue weighted by molar-refractivity contribution is 0.0619. The number of pyridine rings is 1. The first kappa shape index (κ1) is 28.1. The molecule has 1 aliphatic rings. The second kappa shape index (κ2) is 12.3. The molecular weight excluding hydrogens is 512 g/mol. The molecule has 9 nitrogen and oxygen atoms in total. The lowest BCUT2D eigenvalue weighted by Crippen LogP contribution is -2.48. The van der Waals surface area contributed by atoms with Crippen LogP contribution in [-0.2, 0) is 17.9 Å². The van der Waals surface area contributed by atoms with Crippen molar-refractivity contribution in [1.29, 1.82) is 0 Å². The number of ether oxygens (including phenoxy) is 3. The molecule has 0 saturated carbocycles. The van der Waals surface area contributed by atoms with E-state index in [0.29, 0.717) is 36.8 Å². The van der Waals surface area contributed by atoms with E-state index in [1.54, 1.807) is 25.1 Å². The second-order valence-electron chi connectivity index (χ2n) is 8.94. The smallest absolute Gasteiger partial charge is 0.263 e. The molecule has 0 bridgehead atoms. The third-order valence-electron chi connectivity index (χ3n) is 6.65. The molecule has 2 N–H and O–H groups in total. The summed E-state index contributed by atoms with van der Waals surface area (Å²) in [4.78, 5) is 21.2. The van der Waals surface area contributed by atoms with Crippen LogP contribution in [0.1, 0.15) is 28.5 Å². The Labute approximate surface area is 225 Å². The van der Waals surface area contributed by atoms with Gasteiger partial charge in [0.15, 0.2) is 11.6 Å². The summed E-state index contributed by atoms with van der Waals surface area (Å²) in [6, 6.07) is 9.12. The fraction of sp³-hybridized carbons (Fsp3) is 0.357. The van der Waals surface area contributed by atoms with Crippen molar-refractivity contribution < 1.29 is 38.0 Å². The van der Waals surface area contributed by atoms with Gasteiger partial charge in [0.1, 0.15) is 22.8 Å². The Morgan fingerprint density at radius 1 is 0.974 bits per heavy atom. The molecule has 4 rings (SSSR count). The molecule has 3 aromatic rings. The Morgan fingerprint density at radius 2 is 1.62 bits per heavy atom. The average molecular weight is 544 g/mol. The molecule has 0 unspecified atom stereocenters. The lowest BCUT2D eigenvalue weighted by atomic mass is 9.97. The van der Waals surface area contributed by atoms with Crippen LogP contribution in [0.3, 0.4) is 0 Å². The predicted molar refractivity (Wildman–Crippen MR) is 139 cm³/mol. The minimum Gasteiger partial charge on any atom is -0.506 e. The first-order valence-electron chi connectivity index (χ1n) is 12.5. The SMILES string of the molecule is CCOCc1nc(O)c(C(=O)N2CCN(Cc3cccc(F)c3F)CC2)c(O)c1-c1c(OC)cccc1OC. The molecule has 0 atom stereocenters. The van der Waals surface area contributed by atoms with Crippen LogP contribution in [0.2, 0.25) is 0 Å². The molecule has 11 heteroatoms. The molecule has 39 heavy (non-hydrogen) atoms. The molecule has 1 amide bonds. The van der Waals surface area contributed by atoms with E-state index in [-0.39, 0.29) is 48.6 Å². The second-order valence-corrected chi connectivity index (χ2v) is 8.94. The summed E-state index contributed by atoms with van der Waals surface area (Å²) in [6.45, 7) is 3.54. The highest BCUT2D eigenvalue weighted by Gasteiger charge is 2.32. The van der Waals surface area contributed by atoms with Gasteiger partial charge < -0.3 is 29.3 Å². The molecule has 1 aromatic heterocycles. The Kier molecular flexibility index (Phi) is 8.82. The van der Waals surface area contributed by atoms with Gasteiger partial charge in [0.25, 0.3) is 5.91 Å². The van der Waals surface area contributed by atoms with E-state index in [9.17, 15) is 23.8 Å². The highest BCUT2D eigenvalue weighted by atomic mass is 19.2. The summed E-state index contributed by atoms with van der Waals surface area (Å²) in [5, 5.41) is 22.2. The van der Waals surface area contributed by atoms with Crippen molar-refractivity contribution in [3.63, 3.8) is 0 Å². The number of benzene rings is 2. The number of aromatic hydroxyl groups is 2. The van der Waals surface area contributed by atoms with Gasteiger partial charge in [-0.3, -0.25) is 9.69 Å². The van der Waals surface area contributed by atoms with Crippen molar-refractivity contribution in [3.05, 3.63) is 64.9 Å². The van der Waals surface area contributed by atoms with Crippen molar-refractivity contribution in [1.82, 2.24) is 14.8 Å². The first-order valence-corrected chi connectivity index (χ1v) is 12.5. The van der Waals surface area contributed by atoms with Gasteiger partial charge in [-0.2, -0.15) is 0 Å². The number of nitrogens with zero attached hydrogens (tertiary/aromatic N) is 3. The maximum Gasteiger partial charge on any atom is 0.263 e. The van der Waals surface area contributed by atoms with Gasteiger partial charge in [0.05, 0.1) is 37.6 Å². The number of rotatable bonds is 9. The summed E-state index contributed by atoms with van der Waals surface area (Å²) in [5.74, 6) is -2.79. The third-order valence-corrected chi connectivity index (χ3v) is 6.65. The van der Waals surface area contributed by atoms with Crippen molar-refractivity contribution in [2.24, 2.45) is 0 Å². The number of methoxy groups -OCH3 is 2. The van der Waals surface area contributed by atoms with E-state index in [1.807, 2.05) is 4.90 Å². The van der Waals surface area contributed by atoms with Gasteiger partial charge in [-0.25, -0.2) is 13.8 Å². The molecule has 0 aliphatic carbocycles. The van der Waals surface area contributed by atoms with Crippen LogP contribution in [0, 0.1) is 11.6 Å². The molecule has 2 heterocycles. The summed E-state index contributed by atoms with van der Waals surface area (Å²) in [6.07, 6.45) is 0. The Balaban J connectivity index is 1.65. The highest BCUT2D eigenvalue weighted by Crippen LogP contribution is 2.47. The van der Waals surface area contributed by atoms with E-state index >= 15 is 0 Å². The number of carbonyl (C=O) groups excluding carboxylic acids is 1. The number of piperazine rings is 1. The highest BCUT2D eigenvalue weighted by molar-refractivity contribution is 6.02. The maximum atomic E-state index is 14.1. The zero-order valence-corrected chi connectivity index (χ0v) is 22.0. The third kappa shape index (κ3) is 5.74. The minimum absolute atomic E-state index is 0.0437. The number of amides is 1. The average Bonchev–Trinajstić information content (AvgIpc) is 2.94. The Bertz CT molecular complexity index is 1320. The van der Waals surface area contributed by atoms with Crippen molar-refractivity contribution in [2.45, 2.75) is 20.1 Å². The van der Waals surface area contributed by atoms with Crippen LogP contribution in [0.5, 0.6) is 23.1 Å². The fourth-order valence-corrected chi connectivity index (χ4v) is 4.65. The molecule has 2 aromatic carbocycles. The molecule has 1 saturated heterocycles. The minimum atomic E-state index is -0.907. The fourth-order valence-electron chi connectivity index (χ4n) is 4.65. The van der Waals surface area contributed by atoms with Gasteiger partial charge in [0, 0.05) is 44.9 Å². The van der Waals surface area contributed by atoms with Crippen LogP contribution in [0.4, 0.5) is 8.78 Å². The molecule has 1 fully saturated rings. The zero-order valence-electron chi connectivity index (χ0n) is 22.0. The van der Waals surface area contributed by atoms with Crippen molar-refractivity contribution in [3.8, 4) is 34.3 Å². The summed E-state index contributed by atoms with van der Waals surface area (Å²) in [7, 11) is 2.93. The normalized spacial score (nSPS) is 13.9. The predicted octanol–water partition coefficient (Wildman–Crippen LogP) is 3.95. The topological polar surface area (TPSA) is 105 Å².